The summed E-state index contributed by atoms with van der Waals surface area (Å²) in [5.41, 5.74) is 0.686. The number of aliphatic hydroxyl groups is 2. The Morgan fingerprint density at radius 3 is 1.86 bits per heavy atom. The van der Waals surface area contributed by atoms with Gasteiger partial charge in [0.25, 0.3) is 10.1 Å². The molecule has 2 aromatic carbocycles. The Bertz CT molecular complexity index is 1080. The van der Waals surface area contributed by atoms with Crippen LogP contribution in [0.2, 0.25) is 0 Å². The molecule has 0 unspecified atom stereocenters. The van der Waals surface area contributed by atoms with Gasteiger partial charge in [0.15, 0.2) is 0 Å². The van der Waals surface area contributed by atoms with Crippen LogP contribution in [0.1, 0.15) is 53.7 Å². The van der Waals surface area contributed by atoms with E-state index in [0.717, 1.165) is 17.7 Å². The van der Waals surface area contributed by atoms with Crippen LogP contribution in [0.25, 0.3) is 0 Å². The molecule has 1 aliphatic rings. The minimum atomic E-state index is -4.40. The third-order valence-electron chi connectivity index (χ3n) is 6.26. The molecule has 196 valence electrons. The van der Waals surface area contributed by atoms with Crippen LogP contribution in [0.5, 0.6) is 5.75 Å². The van der Waals surface area contributed by atoms with Crippen molar-refractivity contribution in [3.63, 3.8) is 0 Å². The summed E-state index contributed by atoms with van der Waals surface area (Å²) in [6.45, 7) is 6.49. The number of halogens is 3. The smallest absolute Gasteiger partial charge is 0.416 e. The number of aryl methyl sites for hydroxylation is 2. The van der Waals surface area contributed by atoms with Gasteiger partial charge in [0.2, 0.25) is 0 Å². The molecule has 1 saturated heterocycles. The van der Waals surface area contributed by atoms with Crippen molar-refractivity contribution in [3.8, 4) is 5.75 Å². The summed E-state index contributed by atoms with van der Waals surface area (Å²) >= 11 is 0. The number of piperidine rings is 1. The molecule has 2 atom stereocenters. The molecule has 4 N–H and O–H groups in total. The SMILES string of the molecule is CS(=O)(=O)O.Cc1cc([C@@H](O)[C@@H](C)N2CCC(O)(c3ccc(C(F)(F)F)cc3)CC2)cc(C)c1O. The number of hydrogen-bond donors (Lipinski definition) is 4. The first-order valence-corrected chi connectivity index (χ1v) is 12.8. The number of alkyl halides is 3. The zero-order valence-corrected chi connectivity index (χ0v) is 20.9. The van der Waals surface area contributed by atoms with E-state index in [1.807, 2.05) is 6.92 Å². The van der Waals surface area contributed by atoms with Gasteiger partial charge in [-0.25, -0.2) is 0 Å². The molecule has 2 aromatic rings. The van der Waals surface area contributed by atoms with Crippen molar-refractivity contribution in [2.24, 2.45) is 0 Å². The van der Waals surface area contributed by atoms with E-state index in [4.69, 9.17) is 4.55 Å². The number of likely N-dealkylation sites (tertiary alicyclic amines) is 1. The van der Waals surface area contributed by atoms with Crippen molar-refractivity contribution in [1.82, 2.24) is 4.90 Å². The van der Waals surface area contributed by atoms with Crippen molar-refractivity contribution in [2.75, 3.05) is 19.3 Å². The monoisotopic (exact) mass is 519 g/mol. The van der Waals surface area contributed by atoms with E-state index >= 15 is 0 Å². The summed E-state index contributed by atoms with van der Waals surface area (Å²) in [7, 11) is -3.67. The van der Waals surface area contributed by atoms with Crippen molar-refractivity contribution >= 4 is 10.1 Å². The molecule has 0 amide bonds. The van der Waals surface area contributed by atoms with E-state index in [0.29, 0.717) is 48.9 Å². The van der Waals surface area contributed by atoms with E-state index < -0.39 is 33.6 Å². The van der Waals surface area contributed by atoms with Crippen molar-refractivity contribution < 1.29 is 41.5 Å². The molecule has 7 nitrogen and oxygen atoms in total. The average Bonchev–Trinajstić information content (AvgIpc) is 2.75. The zero-order valence-electron chi connectivity index (χ0n) is 20.0. The van der Waals surface area contributed by atoms with Gasteiger partial charge < -0.3 is 15.3 Å². The molecule has 1 aliphatic heterocycles. The van der Waals surface area contributed by atoms with Gasteiger partial charge in [0.05, 0.1) is 23.5 Å². The average molecular weight is 520 g/mol. The van der Waals surface area contributed by atoms with Crippen LogP contribution in [0.4, 0.5) is 13.2 Å². The van der Waals surface area contributed by atoms with Gasteiger partial charge in [-0.15, -0.1) is 0 Å². The maximum atomic E-state index is 12.8. The minimum Gasteiger partial charge on any atom is -0.507 e. The molecule has 0 spiro atoms. The fraction of sp³-hybridized carbons (Fsp3) is 0.500. The van der Waals surface area contributed by atoms with E-state index in [1.54, 1.807) is 26.0 Å². The maximum Gasteiger partial charge on any atom is 0.416 e. The molecule has 0 bridgehead atoms. The van der Waals surface area contributed by atoms with Gasteiger partial charge in [0.1, 0.15) is 5.75 Å². The van der Waals surface area contributed by atoms with Gasteiger partial charge in [0, 0.05) is 19.1 Å². The summed E-state index contributed by atoms with van der Waals surface area (Å²) in [4.78, 5) is 2.07. The fourth-order valence-corrected chi connectivity index (χ4v) is 4.20. The first-order chi connectivity index (χ1) is 15.9. The standard InChI is InChI=1S/C23H28F3NO3.CH4O3S/c1-14-12-17(13-15(2)20(14)28)21(29)16(3)27-10-8-22(30,9-11-27)18-4-6-19(7-5-18)23(24,25)26;1-5(2,3)4/h4-7,12-13,16,21,28-30H,8-11H2,1-3H3;1H3,(H,2,3,4)/t16-,21+;/m1./s1. The molecule has 11 heteroatoms. The van der Waals surface area contributed by atoms with Gasteiger partial charge in [-0.2, -0.15) is 21.6 Å². The summed E-state index contributed by atoms with van der Waals surface area (Å²) in [5, 5.41) is 31.8. The Morgan fingerprint density at radius 1 is 1.03 bits per heavy atom. The number of nitrogens with zero attached hydrogens (tertiary/aromatic N) is 1. The van der Waals surface area contributed by atoms with Crippen LogP contribution in [0.15, 0.2) is 36.4 Å². The lowest BCUT2D eigenvalue weighted by atomic mass is 9.83. The van der Waals surface area contributed by atoms with Crippen LogP contribution < -0.4 is 0 Å². The highest BCUT2D eigenvalue weighted by molar-refractivity contribution is 7.85. The first kappa shape index (κ1) is 29.1. The second-order valence-electron chi connectivity index (χ2n) is 9.06. The van der Waals surface area contributed by atoms with E-state index in [1.165, 1.54) is 12.1 Å². The molecular weight excluding hydrogens is 487 g/mol. The highest BCUT2D eigenvalue weighted by atomic mass is 32.2. The Hall–Kier alpha value is -2.18. The lowest BCUT2D eigenvalue weighted by Gasteiger charge is -2.42. The van der Waals surface area contributed by atoms with E-state index in [9.17, 15) is 36.9 Å². The van der Waals surface area contributed by atoms with Crippen molar-refractivity contribution in [3.05, 3.63) is 64.2 Å². The third kappa shape index (κ3) is 7.91. The van der Waals surface area contributed by atoms with Gasteiger partial charge >= 0.3 is 6.18 Å². The molecule has 1 fully saturated rings. The molecule has 35 heavy (non-hydrogen) atoms. The fourth-order valence-electron chi connectivity index (χ4n) is 4.20. The quantitative estimate of drug-likeness (QED) is 0.452. The zero-order chi connectivity index (χ0) is 26.8. The number of aromatic hydroxyl groups is 1. The molecule has 0 aromatic heterocycles. The molecule has 0 saturated carbocycles. The number of phenols is 1. The summed E-state index contributed by atoms with van der Waals surface area (Å²) < 4.78 is 64.2. The summed E-state index contributed by atoms with van der Waals surface area (Å²) in [6.07, 6.45) is -3.72. The van der Waals surface area contributed by atoms with E-state index in [-0.39, 0.29) is 11.8 Å². The molecule has 1 heterocycles. The second kappa shape index (κ2) is 10.8. The second-order valence-corrected chi connectivity index (χ2v) is 10.5. The molecular formula is C24H32F3NO6S. The lowest BCUT2D eigenvalue weighted by molar-refractivity contribution is -0.137. The Morgan fingerprint density at radius 2 is 1.46 bits per heavy atom. The largest absolute Gasteiger partial charge is 0.507 e. The normalized spacial score (nSPS) is 18.3. The highest BCUT2D eigenvalue weighted by Gasteiger charge is 2.38. The topological polar surface area (TPSA) is 118 Å². The van der Waals surface area contributed by atoms with Gasteiger partial charge in [-0.1, -0.05) is 12.1 Å². The number of hydrogen-bond acceptors (Lipinski definition) is 6. The number of benzene rings is 2. The maximum absolute atomic E-state index is 12.8. The number of aliphatic hydroxyl groups excluding tert-OH is 1. The highest BCUT2D eigenvalue weighted by Crippen LogP contribution is 2.37. The molecule has 0 aliphatic carbocycles. The van der Waals surface area contributed by atoms with Crippen LogP contribution in [0.3, 0.4) is 0 Å². The lowest BCUT2D eigenvalue weighted by Crippen LogP contribution is -2.47. The van der Waals surface area contributed by atoms with Gasteiger partial charge in [-0.05, 0) is 80.1 Å². The van der Waals surface area contributed by atoms with Crippen LogP contribution in [-0.4, -0.2) is 58.6 Å². The predicted octanol–water partition coefficient (Wildman–Crippen LogP) is 3.94. The van der Waals surface area contributed by atoms with Crippen molar-refractivity contribution in [2.45, 2.75) is 57.5 Å². The molecule has 3 rings (SSSR count). The van der Waals surface area contributed by atoms with Crippen LogP contribution >= 0.6 is 0 Å². The van der Waals surface area contributed by atoms with Crippen molar-refractivity contribution in [1.29, 1.82) is 0 Å². The minimum absolute atomic E-state index is 0.217. The van der Waals surface area contributed by atoms with E-state index in [2.05, 4.69) is 4.90 Å². The number of rotatable bonds is 4. The van der Waals surface area contributed by atoms with Crippen LogP contribution in [-0.2, 0) is 21.9 Å². The summed E-state index contributed by atoms with van der Waals surface area (Å²) in [6, 6.07) is 8.02. The predicted molar refractivity (Wildman–Crippen MR) is 126 cm³/mol. The number of phenolic OH excluding ortho intramolecular Hbond substituents is 1. The first-order valence-electron chi connectivity index (χ1n) is 11.0. The third-order valence-corrected chi connectivity index (χ3v) is 6.26. The Kier molecular flexibility index (Phi) is 8.99. The Labute approximate surface area is 203 Å². The molecule has 0 radical (unpaired) electrons. The summed E-state index contributed by atoms with van der Waals surface area (Å²) in [5.74, 6) is 0.221. The van der Waals surface area contributed by atoms with Crippen LogP contribution in [0, 0.1) is 13.8 Å². The van der Waals surface area contributed by atoms with Gasteiger partial charge in [-0.3, -0.25) is 9.45 Å². The Balaban J connectivity index is 0.000000784.